The quantitative estimate of drug-likeness (QED) is 0.366. The molecule has 2 aromatic rings. The summed E-state index contributed by atoms with van der Waals surface area (Å²) >= 11 is 0. The maximum Gasteiger partial charge on any atom is 0.273 e. The van der Waals surface area contributed by atoms with Crippen molar-refractivity contribution in [3.8, 4) is 0 Å². The number of hydrogen-bond acceptors (Lipinski definition) is 4. The Kier molecular flexibility index (Phi) is 8.53. The first-order valence-corrected chi connectivity index (χ1v) is 10.2. The molecule has 0 aliphatic carbocycles. The molecule has 0 bridgehead atoms. The van der Waals surface area contributed by atoms with Gasteiger partial charge in [0.2, 0.25) is 11.8 Å². The normalized spacial score (nSPS) is 11.6. The number of nitro groups is 1. The van der Waals surface area contributed by atoms with E-state index in [2.05, 4.69) is 5.32 Å². The van der Waals surface area contributed by atoms with Crippen LogP contribution in [0.4, 0.5) is 5.69 Å². The van der Waals surface area contributed by atoms with E-state index in [9.17, 15) is 19.7 Å². The highest BCUT2D eigenvalue weighted by Gasteiger charge is 2.27. The minimum atomic E-state index is -0.697. The van der Waals surface area contributed by atoms with E-state index in [1.807, 2.05) is 38.1 Å². The van der Waals surface area contributed by atoms with Gasteiger partial charge < -0.3 is 10.2 Å². The average molecular weight is 412 g/mol. The van der Waals surface area contributed by atoms with Crippen LogP contribution in [0.2, 0.25) is 0 Å². The Hall–Kier alpha value is -3.22. The molecule has 1 N–H and O–H groups in total. The summed E-state index contributed by atoms with van der Waals surface area (Å²) in [6, 6.07) is 13.2. The monoisotopic (exact) mass is 411 g/mol. The first-order valence-electron chi connectivity index (χ1n) is 10.2. The summed E-state index contributed by atoms with van der Waals surface area (Å²) in [7, 11) is 0. The summed E-state index contributed by atoms with van der Waals surface area (Å²) in [5.74, 6) is -0.559. The van der Waals surface area contributed by atoms with Crippen LogP contribution < -0.4 is 5.32 Å². The van der Waals surface area contributed by atoms with E-state index in [0.29, 0.717) is 12.1 Å². The number of nitrogens with one attached hydrogen (secondary N) is 1. The second-order valence-electron chi connectivity index (χ2n) is 7.39. The molecule has 2 amide bonds. The number of aryl methyl sites for hydroxylation is 1. The highest BCUT2D eigenvalue weighted by Crippen LogP contribution is 2.20. The van der Waals surface area contributed by atoms with Gasteiger partial charge in [-0.25, -0.2) is 0 Å². The lowest BCUT2D eigenvalue weighted by atomic mass is 10.1. The molecule has 0 aliphatic heterocycles. The number of nitrogens with zero attached hydrogens (tertiary/aromatic N) is 2. The van der Waals surface area contributed by atoms with Gasteiger partial charge in [-0.3, -0.25) is 19.7 Å². The Morgan fingerprint density at radius 3 is 2.57 bits per heavy atom. The van der Waals surface area contributed by atoms with Crippen LogP contribution in [0.3, 0.4) is 0 Å². The zero-order valence-electron chi connectivity index (χ0n) is 17.8. The standard InChI is InChI=1S/C23H29N3O4/c1-4-5-13-24-23(28)18(3)25(16-19-10-8-9-17(2)14-19)22(27)15-20-11-6-7-12-21(20)26(29)30/h6-12,14,18H,4-5,13,15-16H2,1-3H3,(H,24,28). The molecule has 7 heteroatoms. The third-order valence-corrected chi connectivity index (χ3v) is 4.96. The number of nitro benzene ring substituents is 1. The van der Waals surface area contributed by atoms with Gasteiger partial charge in [0.05, 0.1) is 11.3 Å². The average Bonchev–Trinajstić information content (AvgIpc) is 2.71. The van der Waals surface area contributed by atoms with Gasteiger partial charge in [-0.05, 0) is 25.8 Å². The number of para-hydroxylation sites is 1. The lowest BCUT2D eigenvalue weighted by Gasteiger charge is -2.29. The molecular weight excluding hydrogens is 382 g/mol. The van der Waals surface area contributed by atoms with Crippen molar-refractivity contribution in [2.24, 2.45) is 0 Å². The molecule has 0 saturated heterocycles. The van der Waals surface area contributed by atoms with Gasteiger partial charge in [-0.2, -0.15) is 0 Å². The van der Waals surface area contributed by atoms with Crippen molar-refractivity contribution >= 4 is 17.5 Å². The second-order valence-corrected chi connectivity index (χ2v) is 7.39. The lowest BCUT2D eigenvalue weighted by molar-refractivity contribution is -0.385. The fourth-order valence-corrected chi connectivity index (χ4v) is 3.23. The van der Waals surface area contributed by atoms with Crippen LogP contribution in [0.15, 0.2) is 48.5 Å². The summed E-state index contributed by atoms with van der Waals surface area (Å²) in [5, 5.41) is 14.2. The fourth-order valence-electron chi connectivity index (χ4n) is 3.23. The van der Waals surface area contributed by atoms with E-state index in [0.717, 1.165) is 24.0 Å². The second kappa shape index (κ2) is 11.1. The zero-order valence-corrected chi connectivity index (χ0v) is 17.8. The molecule has 0 aromatic heterocycles. The van der Waals surface area contributed by atoms with Crippen LogP contribution in [-0.2, 0) is 22.6 Å². The largest absolute Gasteiger partial charge is 0.354 e. The van der Waals surface area contributed by atoms with Crippen molar-refractivity contribution in [1.82, 2.24) is 10.2 Å². The molecular formula is C23H29N3O4. The Balaban J connectivity index is 2.26. The number of unbranched alkanes of at least 4 members (excludes halogenated alkanes) is 1. The number of hydrogen-bond donors (Lipinski definition) is 1. The van der Waals surface area contributed by atoms with Crippen molar-refractivity contribution in [2.75, 3.05) is 6.54 Å². The van der Waals surface area contributed by atoms with Crippen LogP contribution in [-0.4, -0.2) is 34.2 Å². The molecule has 2 rings (SSSR count). The maximum atomic E-state index is 13.2. The molecule has 160 valence electrons. The van der Waals surface area contributed by atoms with Gasteiger partial charge in [0.25, 0.3) is 5.69 Å². The Morgan fingerprint density at radius 2 is 1.90 bits per heavy atom. The van der Waals surface area contributed by atoms with Gasteiger partial charge >= 0.3 is 0 Å². The predicted octanol–water partition coefficient (Wildman–Crippen LogP) is 3.78. The third kappa shape index (κ3) is 6.40. The van der Waals surface area contributed by atoms with E-state index in [4.69, 9.17) is 0 Å². The molecule has 30 heavy (non-hydrogen) atoms. The first-order chi connectivity index (χ1) is 14.3. The molecule has 1 atom stereocenters. The van der Waals surface area contributed by atoms with Crippen molar-refractivity contribution in [1.29, 1.82) is 0 Å². The molecule has 0 spiro atoms. The SMILES string of the molecule is CCCCNC(=O)C(C)N(Cc1cccc(C)c1)C(=O)Cc1ccccc1[N+](=O)[O-]. The molecule has 2 aromatic carbocycles. The number of benzene rings is 2. The van der Waals surface area contributed by atoms with Gasteiger partial charge in [0.1, 0.15) is 6.04 Å². The van der Waals surface area contributed by atoms with Crippen LogP contribution in [0, 0.1) is 17.0 Å². The fraction of sp³-hybridized carbons (Fsp3) is 0.391. The van der Waals surface area contributed by atoms with Gasteiger partial charge in [0, 0.05) is 24.7 Å². The van der Waals surface area contributed by atoms with Crippen LogP contribution in [0.1, 0.15) is 43.4 Å². The minimum Gasteiger partial charge on any atom is -0.354 e. The van der Waals surface area contributed by atoms with Gasteiger partial charge in [0.15, 0.2) is 0 Å². The predicted molar refractivity (Wildman–Crippen MR) is 116 cm³/mol. The summed E-state index contributed by atoms with van der Waals surface area (Å²) in [6.45, 7) is 6.49. The van der Waals surface area contributed by atoms with Crippen molar-refractivity contribution in [3.05, 3.63) is 75.3 Å². The molecule has 0 aliphatic rings. The summed E-state index contributed by atoms with van der Waals surface area (Å²) in [6.07, 6.45) is 1.67. The van der Waals surface area contributed by atoms with Gasteiger partial charge in [-0.1, -0.05) is 61.4 Å². The topological polar surface area (TPSA) is 92.6 Å². The summed E-state index contributed by atoms with van der Waals surface area (Å²) < 4.78 is 0. The van der Waals surface area contributed by atoms with Crippen LogP contribution in [0.5, 0.6) is 0 Å². The lowest BCUT2D eigenvalue weighted by Crippen LogP contribution is -2.48. The highest BCUT2D eigenvalue weighted by atomic mass is 16.6. The number of rotatable bonds is 10. The first kappa shape index (κ1) is 23.1. The Bertz CT molecular complexity index is 898. The smallest absolute Gasteiger partial charge is 0.273 e. The maximum absolute atomic E-state index is 13.2. The van der Waals surface area contributed by atoms with Crippen molar-refractivity contribution in [3.63, 3.8) is 0 Å². The summed E-state index contributed by atoms with van der Waals surface area (Å²) in [4.78, 5) is 38.1. The molecule has 0 saturated carbocycles. The Labute approximate surface area is 177 Å². The molecule has 0 heterocycles. The van der Waals surface area contributed by atoms with E-state index < -0.39 is 11.0 Å². The third-order valence-electron chi connectivity index (χ3n) is 4.96. The van der Waals surface area contributed by atoms with E-state index in [-0.39, 0.29) is 30.5 Å². The molecule has 7 nitrogen and oxygen atoms in total. The van der Waals surface area contributed by atoms with Crippen LogP contribution in [0.25, 0.3) is 0 Å². The summed E-state index contributed by atoms with van der Waals surface area (Å²) in [5.41, 5.74) is 2.19. The van der Waals surface area contributed by atoms with Crippen molar-refractivity contribution < 1.29 is 14.5 Å². The van der Waals surface area contributed by atoms with Gasteiger partial charge in [-0.15, -0.1) is 0 Å². The Morgan fingerprint density at radius 1 is 1.17 bits per heavy atom. The van der Waals surface area contributed by atoms with E-state index >= 15 is 0 Å². The van der Waals surface area contributed by atoms with Crippen LogP contribution >= 0.6 is 0 Å². The minimum absolute atomic E-state index is 0.0959. The molecule has 0 radical (unpaired) electrons. The number of amides is 2. The number of carbonyl (C=O) groups is 2. The van der Waals surface area contributed by atoms with E-state index in [1.165, 1.54) is 11.0 Å². The van der Waals surface area contributed by atoms with E-state index in [1.54, 1.807) is 25.1 Å². The highest BCUT2D eigenvalue weighted by molar-refractivity contribution is 5.88. The molecule has 0 fully saturated rings. The number of carbonyl (C=O) groups excluding carboxylic acids is 2. The molecule has 1 unspecified atom stereocenters. The van der Waals surface area contributed by atoms with Crippen molar-refractivity contribution in [2.45, 2.75) is 52.6 Å². The zero-order chi connectivity index (χ0) is 22.1.